The van der Waals surface area contributed by atoms with Gasteiger partial charge >= 0.3 is 0 Å². The maximum absolute atomic E-state index is 12.0. The fourth-order valence-corrected chi connectivity index (χ4v) is 2.89. The molecule has 1 atom stereocenters. The van der Waals surface area contributed by atoms with Gasteiger partial charge in [-0.3, -0.25) is 10.2 Å². The van der Waals surface area contributed by atoms with E-state index >= 15 is 0 Å². The second-order valence-electron chi connectivity index (χ2n) is 5.46. The van der Waals surface area contributed by atoms with Gasteiger partial charge in [-0.15, -0.1) is 0 Å². The first-order chi connectivity index (χ1) is 10.5. The van der Waals surface area contributed by atoms with Crippen molar-refractivity contribution in [2.24, 2.45) is 5.92 Å². The Morgan fingerprint density at radius 1 is 1.50 bits per heavy atom. The molecule has 0 saturated heterocycles. The third-order valence-corrected chi connectivity index (χ3v) is 4.06. The van der Waals surface area contributed by atoms with Crippen LogP contribution in [0.25, 0.3) is 0 Å². The van der Waals surface area contributed by atoms with Crippen LogP contribution in [0.1, 0.15) is 51.1 Å². The highest BCUT2D eigenvalue weighted by molar-refractivity contribution is 6.28. The number of nitrogens with zero attached hydrogens (tertiary/aromatic N) is 2. The molecular weight excluding hydrogens is 302 g/mol. The number of hydrogen-bond donors (Lipinski definition) is 2. The molecule has 5 nitrogen and oxygen atoms in total. The topological polar surface area (TPSA) is 86.9 Å². The molecule has 0 aliphatic heterocycles. The molecular formula is C16H20ClN3O2. The molecule has 1 saturated carbocycles. The second kappa shape index (κ2) is 7.49. The molecule has 0 aromatic carbocycles. The number of rotatable bonds is 5. The van der Waals surface area contributed by atoms with Gasteiger partial charge in [-0.05, 0) is 36.9 Å². The highest BCUT2D eigenvalue weighted by Crippen LogP contribution is 2.29. The van der Waals surface area contributed by atoms with E-state index in [2.05, 4.69) is 9.97 Å². The number of carbonyl (C=O) groups excluding carboxylic acids is 1. The fourth-order valence-electron chi connectivity index (χ4n) is 2.74. The molecule has 1 aliphatic carbocycles. The summed E-state index contributed by atoms with van der Waals surface area (Å²) in [4.78, 5) is 19.9. The average Bonchev–Trinajstić information content (AvgIpc) is 2.52. The summed E-state index contributed by atoms with van der Waals surface area (Å²) in [5, 5.41) is 19.0. The minimum atomic E-state index is -0.479. The zero-order valence-electron chi connectivity index (χ0n) is 12.6. The average molecular weight is 322 g/mol. The molecule has 1 heterocycles. The van der Waals surface area contributed by atoms with Crippen molar-refractivity contribution in [2.75, 3.05) is 0 Å². The zero-order chi connectivity index (χ0) is 16.1. The predicted molar refractivity (Wildman–Crippen MR) is 85.4 cm³/mol. The van der Waals surface area contributed by atoms with E-state index in [4.69, 9.17) is 17.0 Å². The summed E-state index contributed by atoms with van der Waals surface area (Å²) in [7, 11) is 0. The van der Waals surface area contributed by atoms with Crippen molar-refractivity contribution in [1.29, 1.82) is 5.41 Å². The lowest BCUT2D eigenvalue weighted by Crippen LogP contribution is -2.24. The van der Waals surface area contributed by atoms with Gasteiger partial charge in [-0.2, -0.15) is 0 Å². The van der Waals surface area contributed by atoms with Gasteiger partial charge < -0.3 is 5.11 Å². The number of nitrogens with one attached hydrogen (secondary N) is 1. The van der Waals surface area contributed by atoms with Gasteiger partial charge in [0.05, 0.1) is 17.3 Å². The van der Waals surface area contributed by atoms with Crippen LogP contribution in [0.5, 0.6) is 0 Å². The van der Waals surface area contributed by atoms with Crippen molar-refractivity contribution < 1.29 is 9.90 Å². The lowest BCUT2D eigenvalue weighted by atomic mass is 9.83. The number of allylic oxidation sites excluding steroid dienone is 2. The maximum atomic E-state index is 12.0. The van der Waals surface area contributed by atoms with Gasteiger partial charge in [-0.1, -0.05) is 19.8 Å². The van der Waals surface area contributed by atoms with Crippen LogP contribution in [-0.4, -0.2) is 26.6 Å². The van der Waals surface area contributed by atoms with Crippen molar-refractivity contribution >= 4 is 23.1 Å². The molecule has 0 spiro atoms. The highest BCUT2D eigenvalue weighted by atomic mass is 35.5. The van der Waals surface area contributed by atoms with Gasteiger partial charge in [0.1, 0.15) is 11.5 Å². The molecule has 2 rings (SSSR count). The Morgan fingerprint density at radius 3 is 2.91 bits per heavy atom. The van der Waals surface area contributed by atoms with Crippen molar-refractivity contribution in [3.63, 3.8) is 0 Å². The summed E-state index contributed by atoms with van der Waals surface area (Å²) >= 11 is 5.77. The zero-order valence-corrected chi connectivity index (χ0v) is 13.4. The summed E-state index contributed by atoms with van der Waals surface area (Å²) in [6, 6.07) is 1.58. The first-order valence-electron chi connectivity index (χ1n) is 7.57. The van der Waals surface area contributed by atoms with Gasteiger partial charge in [0.25, 0.3) is 0 Å². The van der Waals surface area contributed by atoms with Crippen LogP contribution < -0.4 is 0 Å². The van der Waals surface area contributed by atoms with Gasteiger partial charge in [0.15, 0.2) is 0 Å². The lowest BCUT2D eigenvalue weighted by molar-refractivity contribution is -0.124. The predicted octanol–water partition coefficient (Wildman–Crippen LogP) is 3.87. The lowest BCUT2D eigenvalue weighted by Gasteiger charge is -2.22. The summed E-state index contributed by atoms with van der Waals surface area (Å²) in [6.07, 6.45) is 5.72. The van der Waals surface area contributed by atoms with E-state index in [1.807, 2.05) is 6.92 Å². The third kappa shape index (κ3) is 3.71. The van der Waals surface area contributed by atoms with Crippen LogP contribution in [0, 0.1) is 11.3 Å². The standard InChI is InChI=1S/C16H20ClN3O2/c1-2-5-11(14(18)12-8-9-19-16(17)20-12)15(22)10-6-3-4-7-13(10)21/h8-10,18,22H,2-7H2,1H3/b15-11-,18-14?/t10-/m0/s1. The van der Waals surface area contributed by atoms with Gasteiger partial charge in [0, 0.05) is 18.2 Å². The number of hydrogen-bond acceptors (Lipinski definition) is 5. The first kappa shape index (κ1) is 16.6. The van der Waals surface area contributed by atoms with E-state index in [1.165, 1.54) is 6.20 Å². The van der Waals surface area contributed by atoms with Crippen molar-refractivity contribution in [3.8, 4) is 0 Å². The van der Waals surface area contributed by atoms with Crippen molar-refractivity contribution in [2.45, 2.75) is 45.4 Å². The van der Waals surface area contributed by atoms with Crippen molar-refractivity contribution in [3.05, 3.63) is 34.6 Å². The Balaban J connectivity index is 2.37. The molecule has 1 aliphatic rings. The Bertz CT molecular complexity index is 613. The minimum absolute atomic E-state index is 0.0336. The molecule has 2 N–H and O–H groups in total. The highest BCUT2D eigenvalue weighted by Gasteiger charge is 2.29. The summed E-state index contributed by atoms with van der Waals surface area (Å²) in [6.45, 7) is 1.97. The normalized spacial score (nSPS) is 19.7. The van der Waals surface area contributed by atoms with Gasteiger partial charge in [0.2, 0.25) is 5.28 Å². The SMILES string of the molecule is CCC/C(C(=N)c1ccnc(Cl)n1)=C(/O)[C@H]1CCCCC1=O. The Labute approximate surface area is 134 Å². The molecule has 0 unspecified atom stereocenters. The number of aliphatic hydroxyl groups is 1. The molecule has 0 amide bonds. The minimum Gasteiger partial charge on any atom is -0.511 e. The number of aliphatic hydroxyl groups excluding tert-OH is 1. The molecule has 1 aromatic rings. The van der Waals surface area contributed by atoms with E-state index in [0.29, 0.717) is 30.5 Å². The monoisotopic (exact) mass is 321 g/mol. The number of aromatic nitrogens is 2. The molecule has 118 valence electrons. The molecule has 6 heteroatoms. The summed E-state index contributed by atoms with van der Waals surface area (Å²) in [5.41, 5.74) is 0.956. The number of ketones is 1. The van der Waals surface area contributed by atoms with Crippen molar-refractivity contribution in [1.82, 2.24) is 9.97 Å². The largest absolute Gasteiger partial charge is 0.511 e. The molecule has 0 radical (unpaired) electrons. The number of Topliss-reactive ketones (excluding diaryl/α,β-unsaturated/α-hetero) is 1. The van der Waals surface area contributed by atoms with Crippen LogP contribution in [0.4, 0.5) is 0 Å². The maximum Gasteiger partial charge on any atom is 0.222 e. The molecule has 22 heavy (non-hydrogen) atoms. The van der Waals surface area contributed by atoms with Crippen LogP contribution in [0.3, 0.4) is 0 Å². The number of carbonyl (C=O) groups is 1. The van der Waals surface area contributed by atoms with E-state index in [9.17, 15) is 9.90 Å². The number of halogens is 1. The summed E-state index contributed by atoms with van der Waals surface area (Å²) < 4.78 is 0. The Morgan fingerprint density at radius 2 is 2.27 bits per heavy atom. The molecule has 0 bridgehead atoms. The van der Waals surface area contributed by atoms with E-state index in [1.54, 1.807) is 6.07 Å². The quantitative estimate of drug-likeness (QED) is 0.489. The van der Waals surface area contributed by atoms with Crippen LogP contribution >= 0.6 is 11.6 Å². The Hall–Kier alpha value is -1.75. The van der Waals surface area contributed by atoms with Gasteiger partial charge in [-0.25, -0.2) is 9.97 Å². The first-order valence-corrected chi connectivity index (χ1v) is 7.95. The molecule has 1 fully saturated rings. The molecule has 1 aromatic heterocycles. The van der Waals surface area contributed by atoms with E-state index < -0.39 is 5.92 Å². The Kier molecular flexibility index (Phi) is 5.66. The second-order valence-corrected chi connectivity index (χ2v) is 5.80. The summed E-state index contributed by atoms with van der Waals surface area (Å²) in [5.74, 6) is -0.384. The smallest absolute Gasteiger partial charge is 0.222 e. The van der Waals surface area contributed by atoms with Crippen LogP contribution in [-0.2, 0) is 4.79 Å². The van der Waals surface area contributed by atoms with Crippen LogP contribution in [0.15, 0.2) is 23.6 Å². The fraction of sp³-hybridized carbons (Fsp3) is 0.500. The van der Waals surface area contributed by atoms with E-state index in [-0.39, 0.29) is 22.5 Å². The van der Waals surface area contributed by atoms with Crippen LogP contribution in [0.2, 0.25) is 5.28 Å². The van der Waals surface area contributed by atoms with E-state index in [0.717, 1.165) is 19.3 Å². The third-order valence-electron chi connectivity index (χ3n) is 3.88.